The molecule has 0 spiro atoms. The van der Waals surface area contributed by atoms with Crippen molar-refractivity contribution >= 4 is 6.03 Å². The number of aromatic nitrogens is 1. The summed E-state index contributed by atoms with van der Waals surface area (Å²) in [6.45, 7) is 3.15. The number of carbonyl (C=O) groups is 1. The van der Waals surface area contributed by atoms with Gasteiger partial charge in [0.05, 0.1) is 0 Å². The minimum absolute atomic E-state index is 0.130. The normalized spacial score (nSPS) is 23.5. The fraction of sp³-hybridized carbons (Fsp3) is 0.400. The van der Waals surface area contributed by atoms with Crippen molar-refractivity contribution in [2.75, 3.05) is 26.2 Å². The molecule has 2 amide bonds. The number of halogens is 7. The Bertz CT molecular complexity index is 1400. The lowest BCUT2D eigenvalue weighted by molar-refractivity contribution is -0.376. The van der Waals surface area contributed by atoms with Crippen LogP contribution in [0.3, 0.4) is 0 Å². The molecule has 1 N–H and O–H groups in total. The van der Waals surface area contributed by atoms with Crippen LogP contribution in [0, 0.1) is 5.82 Å². The number of hydrogen-bond acceptors (Lipinski definition) is 3. The molecule has 2 aliphatic rings. The monoisotopic (exact) mass is 595 g/mol. The summed E-state index contributed by atoms with van der Waals surface area (Å²) >= 11 is 0. The highest BCUT2D eigenvalue weighted by molar-refractivity contribution is 5.76. The number of alkyl halides is 6. The Hall–Kier alpha value is -3.67. The summed E-state index contributed by atoms with van der Waals surface area (Å²) in [5.41, 5.74) is -5.15. The number of pyridine rings is 1. The first-order chi connectivity index (χ1) is 19.6. The number of nitrogens with zero attached hydrogens (tertiary/aromatic N) is 3. The summed E-state index contributed by atoms with van der Waals surface area (Å²) in [6, 6.07) is 12.7. The largest absolute Gasteiger partial charge is 0.430 e. The molecule has 0 aliphatic carbocycles. The van der Waals surface area contributed by atoms with Gasteiger partial charge in [0.1, 0.15) is 5.82 Å². The maximum Gasteiger partial charge on any atom is 0.430 e. The summed E-state index contributed by atoms with van der Waals surface area (Å²) in [7, 11) is 0. The summed E-state index contributed by atoms with van der Waals surface area (Å²) in [6.07, 6.45) is -7.88. The smallest absolute Gasteiger partial charge is 0.369 e. The van der Waals surface area contributed by atoms with Gasteiger partial charge < -0.3 is 14.9 Å². The quantitative estimate of drug-likeness (QED) is 0.351. The fourth-order valence-corrected chi connectivity index (χ4v) is 6.22. The summed E-state index contributed by atoms with van der Waals surface area (Å²) < 4.78 is 94.4. The van der Waals surface area contributed by atoms with Crippen LogP contribution in [0.4, 0.5) is 35.5 Å². The molecule has 224 valence electrons. The highest BCUT2D eigenvalue weighted by Gasteiger charge is 2.71. The SMILES string of the molecule is C[C@]1(c2ccc(F)cc2)CN(C(=O)N2CCC(c3ccncc3)C2)C[C@H]1c1ccc(C(O)(C(F)(F)F)C(F)(F)F)cc1. The standard InChI is InChI=1S/C30H28F7N3O2/c1-27(22-6-8-24(31)9-7-22)18-40(26(41)39-15-12-21(16-39)19-10-13-38-14-11-19)17-25(27)20-2-4-23(5-3-20)28(42,29(32,33)34)30(35,36)37/h2-11,13-14,21,25,42H,12,15-18H2,1H3/t21?,25-,27+/m0/s1. The van der Waals surface area contributed by atoms with E-state index in [4.69, 9.17) is 0 Å². The topological polar surface area (TPSA) is 56.7 Å². The first-order valence-electron chi connectivity index (χ1n) is 13.3. The van der Waals surface area contributed by atoms with Crippen molar-refractivity contribution in [2.24, 2.45) is 0 Å². The molecule has 2 aliphatic heterocycles. The van der Waals surface area contributed by atoms with Crippen molar-refractivity contribution < 1.29 is 40.6 Å². The third-order valence-electron chi connectivity index (χ3n) is 8.65. The molecule has 2 saturated heterocycles. The third kappa shape index (κ3) is 5.10. The van der Waals surface area contributed by atoms with E-state index in [-0.39, 0.29) is 25.0 Å². The molecule has 3 atom stereocenters. The van der Waals surface area contributed by atoms with Gasteiger partial charge in [-0.05, 0) is 47.4 Å². The first kappa shape index (κ1) is 29.8. The van der Waals surface area contributed by atoms with Crippen LogP contribution in [-0.4, -0.2) is 64.5 Å². The maximum absolute atomic E-state index is 13.8. The molecule has 12 heteroatoms. The maximum atomic E-state index is 13.8. The van der Waals surface area contributed by atoms with E-state index in [2.05, 4.69) is 4.98 Å². The highest BCUT2D eigenvalue weighted by atomic mass is 19.4. The van der Waals surface area contributed by atoms with Gasteiger partial charge in [-0.3, -0.25) is 4.98 Å². The second-order valence-electron chi connectivity index (χ2n) is 11.2. The average Bonchev–Trinajstić information content (AvgIpc) is 3.58. The molecule has 1 aromatic heterocycles. The molecule has 5 rings (SSSR count). The second-order valence-corrected chi connectivity index (χ2v) is 11.2. The van der Waals surface area contributed by atoms with E-state index >= 15 is 0 Å². The van der Waals surface area contributed by atoms with Crippen molar-refractivity contribution in [3.8, 4) is 0 Å². The molecular formula is C30H28F7N3O2. The van der Waals surface area contributed by atoms with Crippen molar-refractivity contribution in [1.29, 1.82) is 0 Å². The van der Waals surface area contributed by atoms with E-state index < -0.39 is 40.7 Å². The molecular weight excluding hydrogens is 567 g/mol. The van der Waals surface area contributed by atoms with Crippen LogP contribution in [0.2, 0.25) is 0 Å². The predicted octanol–water partition coefficient (Wildman–Crippen LogP) is 6.50. The fourth-order valence-electron chi connectivity index (χ4n) is 6.22. The number of amides is 2. The summed E-state index contributed by atoms with van der Waals surface area (Å²) in [5.74, 6) is -0.899. The average molecular weight is 596 g/mol. The molecule has 1 unspecified atom stereocenters. The van der Waals surface area contributed by atoms with Crippen LogP contribution in [0.15, 0.2) is 73.1 Å². The second kappa shape index (κ2) is 10.6. The van der Waals surface area contributed by atoms with Crippen LogP contribution >= 0.6 is 0 Å². The highest BCUT2D eigenvalue weighted by Crippen LogP contribution is 2.51. The third-order valence-corrected chi connectivity index (χ3v) is 8.65. The van der Waals surface area contributed by atoms with Crippen LogP contribution in [0.25, 0.3) is 0 Å². The minimum Gasteiger partial charge on any atom is -0.369 e. The van der Waals surface area contributed by atoms with Crippen LogP contribution in [0.1, 0.15) is 47.4 Å². The van der Waals surface area contributed by atoms with Gasteiger partial charge in [-0.15, -0.1) is 0 Å². The first-order valence-corrected chi connectivity index (χ1v) is 13.3. The van der Waals surface area contributed by atoms with Gasteiger partial charge in [0.2, 0.25) is 0 Å². The number of hydrogen-bond donors (Lipinski definition) is 1. The lowest BCUT2D eigenvalue weighted by atomic mass is 9.71. The molecule has 2 fully saturated rings. The van der Waals surface area contributed by atoms with Gasteiger partial charge in [-0.2, -0.15) is 26.3 Å². The number of benzene rings is 2. The zero-order chi connectivity index (χ0) is 30.5. The molecule has 2 aromatic carbocycles. The van der Waals surface area contributed by atoms with Gasteiger partial charge >= 0.3 is 18.4 Å². The molecule has 0 saturated carbocycles. The molecule has 42 heavy (non-hydrogen) atoms. The molecule has 3 heterocycles. The lowest BCUT2D eigenvalue weighted by Crippen LogP contribution is -2.53. The molecule has 3 aromatic rings. The Kier molecular flexibility index (Phi) is 7.49. The number of carbonyl (C=O) groups excluding carboxylic acids is 1. The van der Waals surface area contributed by atoms with Gasteiger partial charge in [-0.25, -0.2) is 9.18 Å². The van der Waals surface area contributed by atoms with E-state index in [0.29, 0.717) is 36.3 Å². The Morgan fingerprint density at radius 3 is 2.02 bits per heavy atom. The van der Waals surface area contributed by atoms with Crippen LogP contribution in [0.5, 0.6) is 0 Å². The predicted molar refractivity (Wildman–Crippen MR) is 139 cm³/mol. The van der Waals surface area contributed by atoms with Crippen molar-refractivity contribution in [3.63, 3.8) is 0 Å². The van der Waals surface area contributed by atoms with Crippen molar-refractivity contribution in [2.45, 2.75) is 48.5 Å². The Labute approximate surface area is 237 Å². The van der Waals surface area contributed by atoms with Crippen molar-refractivity contribution in [3.05, 3.63) is 101 Å². The Morgan fingerprint density at radius 1 is 0.857 bits per heavy atom. The zero-order valence-electron chi connectivity index (χ0n) is 22.5. The lowest BCUT2D eigenvalue weighted by Gasteiger charge is -2.34. The molecule has 0 bridgehead atoms. The Balaban J connectivity index is 1.45. The number of aliphatic hydroxyl groups is 1. The minimum atomic E-state index is -6.00. The van der Waals surface area contributed by atoms with E-state index in [1.54, 1.807) is 34.3 Å². The van der Waals surface area contributed by atoms with Crippen LogP contribution < -0.4 is 0 Å². The van der Waals surface area contributed by atoms with Gasteiger partial charge in [-0.1, -0.05) is 43.3 Å². The van der Waals surface area contributed by atoms with Gasteiger partial charge in [0.25, 0.3) is 5.60 Å². The van der Waals surface area contributed by atoms with Crippen molar-refractivity contribution in [1.82, 2.24) is 14.8 Å². The van der Waals surface area contributed by atoms with Gasteiger partial charge in [0, 0.05) is 61.4 Å². The van der Waals surface area contributed by atoms with E-state index in [1.165, 1.54) is 12.1 Å². The Morgan fingerprint density at radius 2 is 1.45 bits per heavy atom. The number of rotatable bonds is 4. The number of urea groups is 1. The summed E-state index contributed by atoms with van der Waals surface area (Å²) in [5, 5.41) is 9.81. The van der Waals surface area contributed by atoms with Crippen LogP contribution in [-0.2, 0) is 11.0 Å². The molecule has 0 radical (unpaired) electrons. The molecule has 5 nitrogen and oxygen atoms in total. The number of likely N-dealkylation sites (tertiary alicyclic amines) is 2. The van der Waals surface area contributed by atoms with E-state index in [1.807, 2.05) is 19.1 Å². The summed E-state index contributed by atoms with van der Waals surface area (Å²) in [4.78, 5) is 21.1. The van der Waals surface area contributed by atoms with Gasteiger partial charge in [0.15, 0.2) is 0 Å². The zero-order valence-corrected chi connectivity index (χ0v) is 22.5. The van der Waals surface area contributed by atoms with E-state index in [0.717, 1.165) is 24.1 Å². The van der Waals surface area contributed by atoms with E-state index in [9.17, 15) is 40.6 Å².